The monoisotopic (exact) mass is 768 g/mol. The van der Waals surface area contributed by atoms with Crippen LogP contribution in [0.1, 0.15) is 5.56 Å². The van der Waals surface area contributed by atoms with Crippen LogP contribution in [0.25, 0.3) is 21.5 Å². The van der Waals surface area contributed by atoms with Crippen molar-refractivity contribution >= 4 is 80.7 Å². The summed E-state index contributed by atoms with van der Waals surface area (Å²) in [5.74, 6) is -1.62. The van der Waals surface area contributed by atoms with Crippen molar-refractivity contribution in [1.82, 2.24) is 0 Å². The summed E-state index contributed by atoms with van der Waals surface area (Å²) < 4.78 is 100. The molecular formula is C28H19N4Na3O12S3. The standard InChI is InChI=1S/C28H22N4O12S3.3Na/c1-14-8-19(45(36,37)38)4-7-23(14)31-32-26-25(47(42,43)44)12-16-10-18(3-6-22(16)27(26)34)30-28(35)29-17-2-5-21-15(9-17)11-20(13-24(21)33)46(39,40)41;;;/h2-13,33-34H,1H3,(H2,29,30,35)(H,36,37,38)(H,39,40,41)(H,42,43,44);;;/q;3*+1/p-3. The molecule has 0 aromatic heterocycles. The van der Waals surface area contributed by atoms with Crippen molar-refractivity contribution in [1.29, 1.82) is 0 Å². The Morgan fingerprint density at radius 3 is 1.76 bits per heavy atom. The van der Waals surface area contributed by atoms with Gasteiger partial charge in [0.2, 0.25) is 0 Å². The zero-order chi connectivity index (χ0) is 34.5. The van der Waals surface area contributed by atoms with E-state index < -0.39 is 68.3 Å². The average molecular weight is 769 g/mol. The summed E-state index contributed by atoms with van der Waals surface area (Å²) in [5.41, 5.74) is -0.378. The molecule has 4 N–H and O–H groups in total. The van der Waals surface area contributed by atoms with Gasteiger partial charge in [0.1, 0.15) is 15.0 Å². The van der Waals surface area contributed by atoms with Gasteiger partial charge in [0.05, 0.1) is 21.2 Å². The Bertz CT molecular complexity index is 2520. The molecule has 0 heterocycles. The molecule has 0 unspecified atom stereocenters. The van der Waals surface area contributed by atoms with Gasteiger partial charge in [-0.2, -0.15) is 21.9 Å². The minimum Gasteiger partial charge on any atom is -0.872 e. The molecule has 2 amide bonds. The maximum absolute atomic E-state index is 13.3. The number of urea groups is 1. The molecule has 0 aliphatic rings. The number of anilines is 2. The summed E-state index contributed by atoms with van der Waals surface area (Å²) in [6.07, 6.45) is 0. The molecule has 50 heavy (non-hydrogen) atoms. The van der Waals surface area contributed by atoms with E-state index in [1.54, 1.807) is 0 Å². The van der Waals surface area contributed by atoms with Gasteiger partial charge in [-0.25, -0.2) is 13.2 Å². The fraction of sp³-hybridized carbons (Fsp3) is 0.0357. The van der Waals surface area contributed by atoms with Gasteiger partial charge in [-0.05, 0) is 94.7 Å². The number of nitrogens with one attached hydrogen (secondary N) is 2. The SMILES string of the molecule is Cc1cc(S(=O)(=O)[O-])ccc1N=Nc1c(S(=O)(=O)O)cc2cc(NC(=O)Nc3ccc4c([O-])cc(S(=O)(=O)O)cc4c3)ccc2c1[O-].[Na+].[Na+].[Na+]. The third kappa shape index (κ3) is 10.0. The second kappa shape index (κ2) is 16.7. The molecule has 22 heteroatoms. The zero-order valence-corrected chi connectivity index (χ0v) is 35.0. The third-order valence-electron chi connectivity index (χ3n) is 6.73. The number of hydrogen-bond donors (Lipinski definition) is 4. The number of fused-ring (bicyclic) bond motifs is 2. The quantitative estimate of drug-likeness (QED) is 0.0688. The zero-order valence-electron chi connectivity index (χ0n) is 26.5. The fourth-order valence-corrected chi connectivity index (χ4v) is 6.28. The number of carbonyl (C=O) groups excluding carboxylic acids is 1. The Morgan fingerprint density at radius 1 is 0.680 bits per heavy atom. The average Bonchev–Trinajstić information content (AvgIpc) is 2.95. The smallest absolute Gasteiger partial charge is 0.872 e. The van der Waals surface area contributed by atoms with E-state index in [1.807, 2.05) is 0 Å². The van der Waals surface area contributed by atoms with Gasteiger partial charge < -0.3 is 25.4 Å². The van der Waals surface area contributed by atoms with E-state index in [0.29, 0.717) is 0 Å². The molecule has 0 saturated carbocycles. The Balaban J connectivity index is 0.00000289. The van der Waals surface area contributed by atoms with E-state index in [2.05, 4.69) is 20.9 Å². The maximum atomic E-state index is 13.3. The van der Waals surface area contributed by atoms with Crippen LogP contribution in [-0.4, -0.2) is 44.9 Å². The number of aryl methyl sites for hydroxylation is 1. The number of rotatable bonds is 7. The van der Waals surface area contributed by atoms with E-state index in [1.165, 1.54) is 43.3 Å². The molecule has 0 saturated heterocycles. The van der Waals surface area contributed by atoms with Crippen LogP contribution in [0.15, 0.2) is 97.7 Å². The van der Waals surface area contributed by atoms with Crippen molar-refractivity contribution < 1.29 is 143 Å². The van der Waals surface area contributed by atoms with Crippen LogP contribution in [0.4, 0.5) is 27.5 Å². The van der Waals surface area contributed by atoms with Crippen molar-refractivity contribution in [3.05, 3.63) is 78.4 Å². The molecule has 5 aromatic rings. The maximum Gasteiger partial charge on any atom is 1.00 e. The van der Waals surface area contributed by atoms with Crippen LogP contribution in [0.3, 0.4) is 0 Å². The van der Waals surface area contributed by atoms with Gasteiger partial charge in [0.15, 0.2) is 0 Å². The molecule has 0 bridgehead atoms. The largest absolute Gasteiger partial charge is 1.00 e. The second-order valence-electron chi connectivity index (χ2n) is 9.98. The summed E-state index contributed by atoms with van der Waals surface area (Å²) >= 11 is 0. The van der Waals surface area contributed by atoms with E-state index in [4.69, 9.17) is 0 Å². The first kappa shape index (κ1) is 44.0. The van der Waals surface area contributed by atoms with Gasteiger partial charge >= 0.3 is 94.7 Å². The van der Waals surface area contributed by atoms with E-state index in [0.717, 1.165) is 36.4 Å². The summed E-state index contributed by atoms with van der Waals surface area (Å²) in [5, 5.41) is 38.1. The van der Waals surface area contributed by atoms with Crippen molar-refractivity contribution in [2.45, 2.75) is 21.6 Å². The fourth-order valence-electron chi connectivity index (χ4n) is 4.54. The molecular weight excluding hydrogens is 749 g/mol. The van der Waals surface area contributed by atoms with Gasteiger partial charge in [-0.1, -0.05) is 23.6 Å². The van der Waals surface area contributed by atoms with Crippen LogP contribution in [0.5, 0.6) is 11.5 Å². The Morgan fingerprint density at radius 2 is 1.24 bits per heavy atom. The van der Waals surface area contributed by atoms with Crippen LogP contribution >= 0.6 is 0 Å². The van der Waals surface area contributed by atoms with Crippen molar-refractivity contribution in [2.75, 3.05) is 10.6 Å². The van der Waals surface area contributed by atoms with Gasteiger partial charge in [0, 0.05) is 11.4 Å². The summed E-state index contributed by atoms with van der Waals surface area (Å²) in [7, 11) is -14.5. The molecule has 0 aliphatic carbocycles. The van der Waals surface area contributed by atoms with Gasteiger partial charge in [-0.15, -0.1) is 5.11 Å². The molecule has 0 atom stereocenters. The van der Waals surface area contributed by atoms with E-state index in [9.17, 15) is 53.9 Å². The van der Waals surface area contributed by atoms with Gasteiger partial charge in [0.25, 0.3) is 20.2 Å². The normalized spacial score (nSPS) is 11.8. The Hall–Kier alpha value is -2.18. The van der Waals surface area contributed by atoms with Gasteiger partial charge in [-0.3, -0.25) is 9.11 Å². The topological polar surface area (TPSA) is 278 Å². The first-order chi connectivity index (χ1) is 21.8. The Kier molecular flexibility index (Phi) is 14.7. The number of benzene rings is 5. The molecule has 5 rings (SSSR count). The van der Waals surface area contributed by atoms with E-state index in [-0.39, 0.29) is 133 Å². The second-order valence-corrected chi connectivity index (χ2v) is 14.2. The number of azo groups is 1. The van der Waals surface area contributed by atoms with Crippen LogP contribution in [-0.2, 0) is 30.4 Å². The predicted octanol–water partition coefficient (Wildman–Crippen LogP) is -5.08. The predicted molar refractivity (Wildman–Crippen MR) is 162 cm³/mol. The minimum absolute atomic E-state index is 0. The minimum atomic E-state index is -5.05. The van der Waals surface area contributed by atoms with Crippen molar-refractivity contribution in [3.8, 4) is 11.5 Å². The molecule has 244 valence electrons. The summed E-state index contributed by atoms with van der Waals surface area (Å²) in [6.45, 7) is 1.40. The number of carbonyl (C=O) groups is 1. The first-order valence-corrected chi connectivity index (χ1v) is 17.1. The molecule has 16 nitrogen and oxygen atoms in total. The first-order valence-electron chi connectivity index (χ1n) is 12.8. The molecule has 0 radical (unpaired) electrons. The molecule has 0 spiro atoms. The summed E-state index contributed by atoms with van der Waals surface area (Å²) in [6, 6.07) is 12.8. The summed E-state index contributed by atoms with van der Waals surface area (Å²) in [4.78, 5) is 10.7. The molecule has 0 fully saturated rings. The van der Waals surface area contributed by atoms with Crippen LogP contribution in [0.2, 0.25) is 0 Å². The van der Waals surface area contributed by atoms with E-state index >= 15 is 0 Å². The molecule has 5 aromatic carbocycles. The van der Waals surface area contributed by atoms with Crippen LogP contribution in [0, 0.1) is 6.92 Å². The Labute approximate surface area is 351 Å². The van der Waals surface area contributed by atoms with Crippen LogP contribution < -0.4 is 110 Å². The third-order valence-corrected chi connectivity index (χ3v) is 9.26. The molecule has 0 aliphatic heterocycles. The number of amides is 2. The van der Waals surface area contributed by atoms with Crippen molar-refractivity contribution in [2.24, 2.45) is 10.2 Å². The number of nitrogens with zero attached hydrogens (tertiary/aromatic N) is 2. The number of hydrogen-bond acceptors (Lipinski definition) is 12. The van der Waals surface area contributed by atoms with Crippen molar-refractivity contribution in [3.63, 3.8) is 0 Å².